The monoisotopic (exact) mass is 400 g/mol. The van der Waals surface area contributed by atoms with E-state index in [2.05, 4.69) is 49.0 Å². The first-order valence-electron chi connectivity index (χ1n) is 5.86. The Morgan fingerprint density at radius 1 is 1.21 bits per heavy atom. The Morgan fingerprint density at radius 2 is 2.00 bits per heavy atom. The smallest absolute Gasteiger partial charge is 0.111 e. The van der Waals surface area contributed by atoms with Crippen LogP contribution in [0.1, 0.15) is 17.7 Å². The molecule has 0 saturated heterocycles. The second-order valence-corrected chi connectivity index (χ2v) is 7.14. The summed E-state index contributed by atoms with van der Waals surface area (Å²) in [7, 11) is 0. The maximum Gasteiger partial charge on any atom is 0.111 e. The molecular weight excluding hydrogens is 388 g/mol. The van der Waals surface area contributed by atoms with Crippen molar-refractivity contribution in [1.29, 1.82) is 0 Å². The third-order valence-electron chi connectivity index (χ3n) is 2.62. The number of rotatable bonds is 4. The summed E-state index contributed by atoms with van der Waals surface area (Å²) in [6, 6.07) is 12.2. The van der Waals surface area contributed by atoms with Crippen LogP contribution in [0.2, 0.25) is 0 Å². The number of thioether (sulfide) groups is 1. The van der Waals surface area contributed by atoms with Gasteiger partial charge in [0, 0.05) is 21.2 Å². The van der Waals surface area contributed by atoms with Gasteiger partial charge < -0.3 is 5.73 Å². The highest BCUT2D eigenvalue weighted by Crippen LogP contribution is 2.39. The minimum Gasteiger partial charge on any atom is -0.327 e. The number of hydrogen-bond donors (Lipinski definition) is 1. The number of aromatic nitrogens is 1. The molecule has 0 amide bonds. The van der Waals surface area contributed by atoms with Gasteiger partial charge >= 0.3 is 0 Å². The lowest BCUT2D eigenvalue weighted by atomic mass is 10.1. The van der Waals surface area contributed by atoms with E-state index in [0.717, 1.165) is 14.0 Å². The van der Waals surface area contributed by atoms with Crippen molar-refractivity contribution in [3.8, 4) is 0 Å². The van der Waals surface area contributed by atoms with Crippen LogP contribution >= 0.6 is 43.6 Å². The summed E-state index contributed by atoms with van der Waals surface area (Å²) in [5.74, 6) is 0. The van der Waals surface area contributed by atoms with Crippen molar-refractivity contribution in [1.82, 2.24) is 4.98 Å². The minimum absolute atomic E-state index is 0.0354. The molecule has 2 unspecified atom stereocenters. The summed E-state index contributed by atoms with van der Waals surface area (Å²) < 4.78 is 2.07. The molecule has 5 heteroatoms. The maximum atomic E-state index is 6.14. The summed E-state index contributed by atoms with van der Waals surface area (Å²) >= 11 is 8.71. The highest BCUT2D eigenvalue weighted by Gasteiger charge is 2.19. The lowest BCUT2D eigenvalue weighted by Crippen LogP contribution is -2.22. The van der Waals surface area contributed by atoms with Gasteiger partial charge in [-0.05, 0) is 52.7 Å². The zero-order valence-corrected chi connectivity index (χ0v) is 14.4. The largest absolute Gasteiger partial charge is 0.327 e. The molecule has 0 aliphatic rings. The molecule has 0 bridgehead atoms. The zero-order valence-electron chi connectivity index (χ0n) is 10.4. The molecule has 1 aromatic carbocycles. The summed E-state index contributed by atoms with van der Waals surface area (Å²) in [5.41, 5.74) is 7.34. The highest BCUT2D eigenvalue weighted by atomic mass is 79.9. The molecule has 100 valence electrons. The SMILES string of the molecule is CC(N)C(Sc1ncccc1Br)c1cccc(Br)c1. The fourth-order valence-electron chi connectivity index (χ4n) is 1.74. The Labute approximate surface area is 134 Å². The van der Waals surface area contributed by atoms with Gasteiger partial charge in [-0.15, -0.1) is 0 Å². The molecule has 2 N–H and O–H groups in total. The molecule has 2 atom stereocenters. The number of pyridine rings is 1. The van der Waals surface area contributed by atoms with Crippen molar-refractivity contribution in [2.45, 2.75) is 23.2 Å². The van der Waals surface area contributed by atoms with E-state index in [1.165, 1.54) is 5.56 Å². The molecule has 19 heavy (non-hydrogen) atoms. The van der Waals surface area contributed by atoms with E-state index in [9.17, 15) is 0 Å². The van der Waals surface area contributed by atoms with Gasteiger partial charge in [0.05, 0.1) is 5.25 Å². The van der Waals surface area contributed by atoms with Gasteiger partial charge in [-0.25, -0.2) is 4.98 Å². The highest BCUT2D eigenvalue weighted by molar-refractivity contribution is 9.10. The Bertz CT molecular complexity index is 561. The van der Waals surface area contributed by atoms with Crippen LogP contribution in [0.4, 0.5) is 0 Å². The number of hydrogen-bond acceptors (Lipinski definition) is 3. The molecule has 0 saturated carbocycles. The molecule has 1 aromatic heterocycles. The fourth-order valence-corrected chi connectivity index (χ4v) is 3.73. The average molecular weight is 402 g/mol. The topological polar surface area (TPSA) is 38.9 Å². The molecule has 1 heterocycles. The minimum atomic E-state index is 0.0354. The van der Waals surface area contributed by atoms with Crippen molar-refractivity contribution in [3.63, 3.8) is 0 Å². The van der Waals surface area contributed by atoms with Crippen LogP contribution in [0.5, 0.6) is 0 Å². The van der Waals surface area contributed by atoms with Crippen LogP contribution < -0.4 is 5.73 Å². The van der Waals surface area contributed by atoms with Crippen LogP contribution in [0, 0.1) is 0 Å². The van der Waals surface area contributed by atoms with Crippen LogP contribution in [0.25, 0.3) is 0 Å². The van der Waals surface area contributed by atoms with Crippen molar-refractivity contribution in [3.05, 3.63) is 57.1 Å². The Kier molecular flexibility index (Phi) is 5.45. The Hall–Kier alpha value is -0.360. The van der Waals surface area contributed by atoms with Crippen molar-refractivity contribution in [2.75, 3.05) is 0 Å². The number of nitrogens with zero attached hydrogens (tertiary/aromatic N) is 1. The van der Waals surface area contributed by atoms with Gasteiger partial charge in [0.15, 0.2) is 0 Å². The van der Waals surface area contributed by atoms with Gasteiger partial charge in [0.1, 0.15) is 5.03 Å². The summed E-state index contributed by atoms with van der Waals surface area (Å²) in [6.45, 7) is 2.02. The van der Waals surface area contributed by atoms with Crippen LogP contribution in [0.15, 0.2) is 56.6 Å². The van der Waals surface area contributed by atoms with E-state index in [1.54, 1.807) is 18.0 Å². The van der Waals surface area contributed by atoms with Crippen LogP contribution in [0.3, 0.4) is 0 Å². The van der Waals surface area contributed by atoms with E-state index in [-0.39, 0.29) is 11.3 Å². The number of nitrogens with two attached hydrogens (primary N) is 1. The fraction of sp³-hybridized carbons (Fsp3) is 0.214. The summed E-state index contributed by atoms with van der Waals surface area (Å²) in [5, 5.41) is 1.13. The normalized spacial score (nSPS) is 14.1. The predicted octanol–water partition coefficient (Wildman–Crippen LogP) is 4.79. The predicted molar refractivity (Wildman–Crippen MR) is 88.3 cm³/mol. The molecule has 2 rings (SSSR count). The van der Waals surface area contributed by atoms with E-state index in [0.29, 0.717) is 0 Å². The standard InChI is InChI=1S/C14H14Br2N2S/c1-9(17)13(10-4-2-5-11(15)8-10)19-14-12(16)6-3-7-18-14/h2-9,13H,17H2,1H3. The number of benzene rings is 1. The Balaban J connectivity index is 2.29. The maximum absolute atomic E-state index is 6.14. The Morgan fingerprint density at radius 3 is 2.63 bits per heavy atom. The first-order chi connectivity index (χ1) is 9.08. The number of halogens is 2. The third-order valence-corrected chi connectivity index (χ3v) is 5.52. The van der Waals surface area contributed by atoms with E-state index < -0.39 is 0 Å². The lowest BCUT2D eigenvalue weighted by Gasteiger charge is -2.21. The first kappa shape index (κ1) is 15.0. The van der Waals surface area contributed by atoms with Crippen molar-refractivity contribution in [2.24, 2.45) is 5.73 Å². The molecule has 2 aromatic rings. The average Bonchev–Trinajstić information content (AvgIpc) is 2.37. The zero-order chi connectivity index (χ0) is 13.8. The first-order valence-corrected chi connectivity index (χ1v) is 8.32. The van der Waals surface area contributed by atoms with Crippen LogP contribution in [-0.4, -0.2) is 11.0 Å². The van der Waals surface area contributed by atoms with E-state index in [4.69, 9.17) is 5.73 Å². The van der Waals surface area contributed by atoms with E-state index >= 15 is 0 Å². The summed E-state index contributed by atoms with van der Waals surface area (Å²) in [4.78, 5) is 4.40. The quantitative estimate of drug-likeness (QED) is 0.748. The summed E-state index contributed by atoms with van der Waals surface area (Å²) in [6.07, 6.45) is 1.80. The second kappa shape index (κ2) is 6.88. The molecule has 0 radical (unpaired) electrons. The molecule has 2 nitrogen and oxygen atoms in total. The van der Waals surface area contributed by atoms with Crippen molar-refractivity contribution >= 4 is 43.6 Å². The molecule has 0 aliphatic heterocycles. The third kappa shape index (κ3) is 4.05. The van der Waals surface area contributed by atoms with E-state index in [1.807, 2.05) is 31.2 Å². The molecule has 0 fully saturated rings. The lowest BCUT2D eigenvalue weighted by molar-refractivity contribution is 0.719. The van der Waals surface area contributed by atoms with Gasteiger partial charge in [-0.2, -0.15) is 0 Å². The van der Waals surface area contributed by atoms with Gasteiger partial charge in [-0.3, -0.25) is 0 Å². The van der Waals surface area contributed by atoms with Gasteiger partial charge in [0.2, 0.25) is 0 Å². The van der Waals surface area contributed by atoms with Crippen molar-refractivity contribution < 1.29 is 0 Å². The van der Waals surface area contributed by atoms with Gasteiger partial charge in [0.25, 0.3) is 0 Å². The molecular formula is C14H14Br2N2S. The van der Waals surface area contributed by atoms with Gasteiger partial charge in [-0.1, -0.05) is 39.8 Å². The molecule has 0 aliphatic carbocycles. The molecule has 0 spiro atoms. The van der Waals surface area contributed by atoms with Crippen LogP contribution in [-0.2, 0) is 0 Å². The second-order valence-electron chi connectivity index (χ2n) is 4.24.